The lowest BCUT2D eigenvalue weighted by Crippen LogP contribution is -2.25. The van der Waals surface area contributed by atoms with Gasteiger partial charge in [0.05, 0.1) is 13.0 Å². The average molecular weight is 250 g/mol. The van der Waals surface area contributed by atoms with Gasteiger partial charge in [-0.3, -0.25) is 4.79 Å². The van der Waals surface area contributed by atoms with Crippen LogP contribution in [-0.2, 0) is 24.8 Å². The summed E-state index contributed by atoms with van der Waals surface area (Å²) in [7, 11) is 1.90. The summed E-state index contributed by atoms with van der Waals surface area (Å²) in [5.74, 6) is 0.816. The lowest BCUT2D eigenvalue weighted by atomic mass is 10.4. The lowest BCUT2D eigenvalue weighted by Gasteiger charge is -2.03. The van der Waals surface area contributed by atoms with Crippen molar-refractivity contribution in [1.82, 2.24) is 19.9 Å². The van der Waals surface area contributed by atoms with Crippen LogP contribution in [-0.4, -0.2) is 20.4 Å². The monoisotopic (exact) mass is 250 g/mol. The third kappa shape index (κ3) is 3.13. The van der Waals surface area contributed by atoms with Crippen molar-refractivity contribution in [3.8, 4) is 0 Å². The van der Waals surface area contributed by atoms with Crippen molar-refractivity contribution in [3.63, 3.8) is 0 Å². The van der Waals surface area contributed by atoms with Crippen molar-refractivity contribution in [2.45, 2.75) is 19.9 Å². The molecule has 0 aliphatic rings. The number of nitrogens with one attached hydrogen (secondary N) is 1. The second-order valence-corrected chi connectivity index (χ2v) is 4.73. The van der Waals surface area contributed by atoms with Crippen molar-refractivity contribution >= 4 is 17.2 Å². The summed E-state index contributed by atoms with van der Waals surface area (Å²) in [6, 6.07) is 0. The molecule has 0 aromatic carbocycles. The van der Waals surface area contributed by atoms with Gasteiger partial charge in [-0.2, -0.15) is 0 Å². The SMILES string of the molecule is Cc1csc(CC(=O)NCc2nccn2C)n1. The van der Waals surface area contributed by atoms with Gasteiger partial charge in [-0.1, -0.05) is 0 Å². The van der Waals surface area contributed by atoms with Crippen LogP contribution in [0.2, 0.25) is 0 Å². The number of carbonyl (C=O) groups excluding carboxylic acids is 1. The van der Waals surface area contributed by atoms with E-state index in [-0.39, 0.29) is 5.91 Å². The third-order valence-corrected chi connectivity index (χ3v) is 3.31. The Kier molecular flexibility index (Phi) is 3.53. The molecule has 90 valence electrons. The lowest BCUT2D eigenvalue weighted by molar-refractivity contribution is -0.120. The molecule has 1 N–H and O–H groups in total. The highest BCUT2D eigenvalue weighted by Gasteiger charge is 2.07. The highest BCUT2D eigenvalue weighted by Crippen LogP contribution is 2.09. The molecule has 2 aromatic heterocycles. The van der Waals surface area contributed by atoms with Crippen molar-refractivity contribution in [3.05, 3.63) is 34.3 Å². The molecule has 0 bridgehead atoms. The number of hydrogen-bond acceptors (Lipinski definition) is 4. The predicted octanol–water partition coefficient (Wildman–Crippen LogP) is 1.04. The Bertz CT molecular complexity index is 517. The largest absolute Gasteiger partial charge is 0.349 e. The molecule has 0 saturated heterocycles. The topological polar surface area (TPSA) is 59.8 Å². The molecule has 0 spiro atoms. The van der Waals surface area contributed by atoms with Crippen molar-refractivity contribution in [1.29, 1.82) is 0 Å². The van der Waals surface area contributed by atoms with Gasteiger partial charge in [0.1, 0.15) is 10.8 Å². The van der Waals surface area contributed by atoms with Gasteiger partial charge in [0.15, 0.2) is 0 Å². The van der Waals surface area contributed by atoms with Crippen LogP contribution < -0.4 is 5.32 Å². The molecule has 2 aromatic rings. The summed E-state index contributed by atoms with van der Waals surface area (Å²) in [6.07, 6.45) is 3.90. The minimum absolute atomic E-state index is 0.0256. The second-order valence-electron chi connectivity index (χ2n) is 3.79. The molecule has 5 nitrogen and oxygen atoms in total. The van der Waals surface area contributed by atoms with E-state index in [9.17, 15) is 4.79 Å². The summed E-state index contributed by atoms with van der Waals surface area (Å²) in [5.41, 5.74) is 0.960. The average Bonchev–Trinajstić information content (AvgIpc) is 2.85. The molecule has 2 heterocycles. The van der Waals surface area contributed by atoms with Crippen LogP contribution in [0.4, 0.5) is 0 Å². The molecule has 0 atom stereocenters. The van der Waals surface area contributed by atoms with E-state index < -0.39 is 0 Å². The van der Waals surface area contributed by atoms with Crippen LogP contribution in [0, 0.1) is 6.92 Å². The molecular formula is C11H14N4OS. The quantitative estimate of drug-likeness (QED) is 0.882. The van der Waals surface area contributed by atoms with Gasteiger partial charge < -0.3 is 9.88 Å². The zero-order chi connectivity index (χ0) is 12.3. The van der Waals surface area contributed by atoms with E-state index >= 15 is 0 Å². The molecule has 0 aliphatic carbocycles. The maximum Gasteiger partial charge on any atom is 0.227 e. The van der Waals surface area contributed by atoms with Crippen molar-refractivity contribution < 1.29 is 4.79 Å². The molecule has 1 amide bonds. The number of aryl methyl sites for hydroxylation is 2. The van der Waals surface area contributed by atoms with E-state index in [0.717, 1.165) is 16.5 Å². The summed E-state index contributed by atoms with van der Waals surface area (Å²) in [4.78, 5) is 20.0. The van der Waals surface area contributed by atoms with E-state index in [4.69, 9.17) is 0 Å². The Morgan fingerprint density at radius 2 is 2.41 bits per heavy atom. The molecule has 6 heteroatoms. The van der Waals surface area contributed by atoms with Gasteiger partial charge in [-0.05, 0) is 6.92 Å². The molecule has 0 radical (unpaired) electrons. The standard InChI is InChI=1S/C11H14N4OS/c1-8-7-17-11(14-8)5-10(16)13-6-9-12-3-4-15(9)2/h3-4,7H,5-6H2,1-2H3,(H,13,16). The van der Waals surface area contributed by atoms with Crippen molar-refractivity contribution in [2.24, 2.45) is 7.05 Å². The summed E-state index contributed by atoms with van der Waals surface area (Å²) in [6.45, 7) is 2.37. The highest BCUT2D eigenvalue weighted by atomic mass is 32.1. The van der Waals surface area contributed by atoms with Crippen LogP contribution >= 0.6 is 11.3 Å². The summed E-state index contributed by atoms with van der Waals surface area (Å²) >= 11 is 1.51. The normalized spacial score (nSPS) is 10.5. The van der Waals surface area contributed by atoms with Gasteiger partial charge >= 0.3 is 0 Å². The maximum absolute atomic E-state index is 11.6. The third-order valence-electron chi connectivity index (χ3n) is 2.34. The fourth-order valence-corrected chi connectivity index (χ4v) is 2.20. The van der Waals surface area contributed by atoms with E-state index in [1.807, 2.05) is 30.1 Å². The molecule has 0 saturated carbocycles. The highest BCUT2D eigenvalue weighted by molar-refractivity contribution is 7.09. The van der Waals surface area contributed by atoms with Crippen LogP contribution in [0.25, 0.3) is 0 Å². The first-order chi connectivity index (χ1) is 8.15. The number of carbonyl (C=O) groups is 1. The van der Waals surface area contributed by atoms with Gasteiger partial charge in [0, 0.05) is 30.5 Å². The smallest absolute Gasteiger partial charge is 0.227 e. The zero-order valence-corrected chi connectivity index (χ0v) is 10.6. The number of hydrogen-bond donors (Lipinski definition) is 1. The number of nitrogens with zero attached hydrogens (tertiary/aromatic N) is 3. The Morgan fingerprint density at radius 1 is 1.59 bits per heavy atom. The minimum Gasteiger partial charge on any atom is -0.349 e. The first-order valence-electron chi connectivity index (χ1n) is 5.29. The zero-order valence-electron chi connectivity index (χ0n) is 9.80. The number of amides is 1. The van der Waals surface area contributed by atoms with E-state index in [2.05, 4.69) is 15.3 Å². The second kappa shape index (κ2) is 5.09. The van der Waals surface area contributed by atoms with Crippen molar-refractivity contribution in [2.75, 3.05) is 0 Å². The molecule has 17 heavy (non-hydrogen) atoms. The molecule has 0 unspecified atom stereocenters. The van der Waals surface area contributed by atoms with Crippen LogP contribution in [0.5, 0.6) is 0 Å². The van der Waals surface area contributed by atoms with E-state index in [1.54, 1.807) is 6.20 Å². The Hall–Kier alpha value is -1.69. The van der Waals surface area contributed by atoms with Crippen LogP contribution in [0.3, 0.4) is 0 Å². The Labute approximate surface area is 104 Å². The maximum atomic E-state index is 11.6. The summed E-state index contributed by atoms with van der Waals surface area (Å²) < 4.78 is 1.88. The number of aromatic nitrogens is 3. The van der Waals surface area contributed by atoms with E-state index in [0.29, 0.717) is 13.0 Å². The van der Waals surface area contributed by atoms with Gasteiger partial charge in [-0.15, -0.1) is 11.3 Å². The molecule has 0 fully saturated rings. The van der Waals surface area contributed by atoms with Crippen LogP contribution in [0.1, 0.15) is 16.5 Å². The number of thiazole rings is 1. The van der Waals surface area contributed by atoms with Gasteiger partial charge in [0.2, 0.25) is 5.91 Å². The Balaban J connectivity index is 1.84. The first-order valence-corrected chi connectivity index (χ1v) is 6.17. The molecular weight excluding hydrogens is 236 g/mol. The Morgan fingerprint density at radius 3 is 3.00 bits per heavy atom. The minimum atomic E-state index is -0.0256. The van der Waals surface area contributed by atoms with Crippen LogP contribution in [0.15, 0.2) is 17.8 Å². The summed E-state index contributed by atoms with van der Waals surface area (Å²) in [5, 5.41) is 5.62. The molecule has 2 rings (SSSR count). The molecule has 0 aliphatic heterocycles. The van der Waals surface area contributed by atoms with Gasteiger partial charge in [-0.25, -0.2) is 9.97 Å². The fraction of sp³-hybridized carbons (Fsp3) is 0.364. The van der Waals surface area contributed by atoms with Gasteiger partial charge in [0.25, 0.3) is 0 Å². The van der Waals surface area contributed by atoms with E-state index in [1.165, 1.54) is 11.3 Å². The first kappa shape index (κ1) is 11.8. The number of rotatable bonds is 4. The number of imidazole rings is 1. The predicted molar refractivity (Wildman–Crippen MR) is 65.6 cm³/mol. The fourth-order valence-electron chi connectivity index (χ4n) is 1.43.